The number of hydrogen-bond acceptors (Lipinski definition) is 6. The molecule has 1 aliphatic rings. The summed E-state index contributed by atoms with van der Waals surface area (Å²) in [6.07, 6.45) is 2.31. The van der Waals surface area contributed by atoms with Crippen LogP contribution in [0.4, 0.5) is 11.4 Å². The third-order valence-electron chi connectivity index (χ3n) is 4.40. The highest BCUT2D eigenvalue weighted by molar-refractivity contribution is 6.05. The van der Waals surface area contributed by atoms with Crippen LogP contribution in [-0.2, 0) is 11.3 Å². The number of amides is 1. The molecule has 0 aliphatic carbocycles. The second-order valence-corrected chi connectivity index (χ2v) is 6.24. The van der Waals surface area contributed by atoms with Crippen molar-refractivity contribution in [3.05, 3.63) is 66.5 Å². The van der Waals surface area contributed by atoms with Gasteiger partial charge in [0.15, 0.2) is 0 Å². The number of ether oxygens (including phenoxy) is 1. The lowest BCUT2D eigenvalue weighted by Crippen LogP contribution is -2.41. The highest BCUT2D eigenvalue weighted by Gasteiger charge is 2.23. The van der Waals surface area contributed by atoms with E-state index in [4.69, 9.17) is 4.74 Å². The standard InChI is InChI=1S/C17H18N4O6/c1-10-4-2-6-13(21(25)26)14(10)19-15(22)12-8-18-17(24)20(16(12)23)9-11-5-3-7-27-11/h2,4,6,8,11H,3,5,7,9H2,1H3,(H,18,24)(H,19,22). The van der Waals surface area contributed by atoms with Gasteiger partial charge >= 0.3 is 5.69 Å². The Morgan fingerprint density at radius 1 is 1.44 bits per heavy atom. The van der Waals surface area contributed by atoms with Gasteiger partial charge in [-0.3, -0.25) is 24.3 Å². The van der Waals surface area contributed by atoms with Crippen LogP contribution < -0.4 is 16.6 Å². The number of nitro benzene ring substituents is 1. The van der Waals surface area contributed by atoms with Crippen LogP contribution in [0.3, 0.4) is 0 Å². The molecular weight excluding hydrogens is 356 g/mol. The molecule has 0 radical (unpaired) electrons. The molecule has 1 fully saturated rings. The van der Waals surface area contributed by atoms with Crippen LogP contribution in [0.25, 0.3) is 0 Å². The summed E-state index contributed by atoms with van der Waals surface area (Å²) in [5.41, 5.74) is -1.54. The van der Waals surface area contributed by atoms with Gasteiger partial charge in [0, 0.05) is 18.9 Å². The molecule has 1 aliphatic heterocycles. The first-order valence-electron chi connectivity index (χ1n) is 8.38. The molecule has 2 heterocycles. The van der Waals surface area contributed by atoms with E-state index < -0.39 is 22.1 Å². The van der Waals surface area contributed by atoms with Crippen molar-refractivity contribution in [1.29, 1.82) is 0 Å². The van der Waals surface area contributed by atoms with Crippen LogP contribution in [0.1, 0.15) is 28.8 Å². The Kier molecular flexibility index (Phi) is 5.17. The monoisotopic (exact) mass is 374 g/mol. The minimum Gasteiger partial charge on any atom is -0.376 e. The molecular formula is C17H18N4O6. The Balaban J connectivity index is 1.93. The largest absolute Gasteiger partial charge is 0.376 e. The molecule has 0 saturated carbocycles. The van der Waals surface area contributed by atoms with Gasteiger partial charge in [0.25, 0.3) is 17.2 Å². The number of carbonyl (C=O) groups excluding carboxylic acids is 1. The molecule has 1 saturated heterocycles. The maximum Gasteiger partial charge on any atom is 0.328 e. The number of nitro groups is 1. The summed E-state index contributed by atoms with van der Waals surface area (Å²) in [6.45, 7) is 2.21. The number of aromatic nitrogens is 2. The Labute approximate surface area is 152 Å². The number of rotatable bonds is 5. The molecule has 1 aromatic carbocycles. The normalized spacial score (nSPS) is 16.3. The zero-order valence-electron chi connectivity index (χ0n) is 14.6. The lowest BCUT2D eigenvalue weighted by molar-refractivity contribution is -0.384. The van der Waals surface area contributed by atoms with Crippen molar-refractivity contribution < 1.29 is 14.5 Å². The van der Waals surface area contributed by atoms with E-state index in [2.05, 4.69) is 10.3 Å². The molecule has 27 heavy (non-hydrogen) atoms. The van der Waals surface area contributed by atoms with Crippen molar-refractivity contribution in [3.63, 3.8) is 0 Å². The summed E-state index contributed by atoms with van der Waals surface area (Å²) in [5.74, 6) is -0.838. The average molecular weight is 374 g/mol. The number of para-hydroxylation sites is 1. The van der Waals surface area contributed by atoms with Gasteiger partial charge in [0.05, 0.1) is 17.6 Å². The molecule has 2 N–H and O–H groups in total. The van der Waals surface area contributed by atoms with Crippen LogP contribution in [0, 0.1) is 17.0 Å². The third kappa shape index (κ3) is 3.80. The predicted molar refractivity (Wildman–Crippen MR) is 96.1 cm³/mol. The number of anilines is 1. The van der Waals surface area contributed by atoms with Crippen LogP contribution in [0.2, 0.25) is 0 Å². The zero-order valence-corrected chi connectivity index (χ0v) is 14.6. The fourth-order valence-corrected chi connectivity index (χ4v) is 2.98. The van der Waals surface area contributed by atoms with Gasteiger partial charge in [-0.05, 0) is 25.3 Å². The smallest absolute Gasteiger partial charge is 0.328 e. The van der Waals surface area contributed by atoms with E-state index in [0.29, 0.717) is 12.2 Å². The highest BCUT2D eigenvalue weighted by Crippen LogP contribution is 2.27. The quantitative estimate of drug-likeness (QED) is 0.596. The molecule has 10 nitrogen and oxygen atoms in total. The first kappa shape index (κ1) is 18.5. The molecule has 2 aromatic rings. The highest BCUT2D eigenvalue weighted by atomic mass is 16.6. The minimum absolute atomic E-state index is 0.00350. The number of carbonyl (C=O) groups is 1. The van der Waals surface area contributed by atoms with Gasteiger partial charge in [0.1, 0.15) is 11.3 Å². The minimum atomic E-state index is -0.838. The Bertz CT molecular complexity index is 1000. The number of H-pyrrole nitrogens is 1. The Morgan fingerprint density at radius 2 is 2.22 bits per heavy atom. The van der Waals surface area contributed by atoms with E-state index in [9.17, 15) is 24.5 Å². The number of hydrogen-bond donors (Lipinski definition) is 2. The van der Waals surface area contributed by atoms with Crippen molar-refractivity contribution in [2.24, 2.45) is 0 Å². The fraction of sp³-hybridized carbons (Fsp3) is 0.353. The SMILES string of the molecule is Cc1cccc([N+](=O)[O-])c1NC(=O)c1c[nH]c(=O)n(CC2CCCO2)c1=O. The predicted octanol–water partition coefficient (Wildman–Crippen LogP) is 1.18. The van der Waals surface area contributed by atoms with Crippen molar-refractivity contribution in [1.82, 2.24) is 9.55 Å². The van der Waals surface area contributed by atoms with Crippen LogP contribution in [0.15, 0.2) is 34.0 Å². The number of aromatic amines is 1. The van der Waals surface area contributed by atoms with E-state index >= 15 is 0 Å². The first-order valence-corrected chi connectivity index (χ1v) is 8.38. The van der Waals surface area contributed by atoms with E-state index in [-0.39, 0.29) is 29.6 Å². The molecule has 0 spiro atoms. The van der Waals surface area contributed by atoms with E-state index in [1.54, 1.807) is 13.0 Å². The molecule has 3 rings (SSSR count). The molecule has 1 atom stereocenters. The van der Waals surface area contributed by atoms with Crippen molar-refractivity contribution in [2.75, 3.05) is 11.9 Å². The average Bonchev–Trinajstić information content (AvgIpc) is 3.13. The number of benzene rings is 1. The second kappa shape index (κ2) is 7.54. The van der Waals surface area contributed by atoms with Gasteiger partial charge in [-0.25, -0.2) is 4.79 Å². The molecule has 142 valence electrons. The van der Waals surface area contributed by atoms with Gasteiger partial charge in [-0.15, -0.1) is 0 Å². The lowest BCUT2D eigenvalue weighted by atomic mass is 10.1. The van der Waals surface area contributed by atoms with Crippen LogP contribution >= 0.6 is 0 Å². The molecule has 10 heteroatoms. The number of nitrogens with zero attached hydrogens (tertiary/aromatic N) is 2. The number of aryl methyl sites for hydroxylation is 1. The molecule has 0 bridgehead atoms. The summed E-state index contributed by atoms with van der Waals surface area (Å²) in [7, 11) is 0. The molecule has 1 unspecified atom stereocenters. The fourth-order valence-electron chi connectivity index (χ4n) is 2.98. The summed E-state index contributed by atoms with van der Waals surface area (Å²) in [4.78, 5) is 50.1. The van der Waals surface area contributed by atoms with E-state index in [1.807, 2.05) is 0 Å². The van der Waals surface area contributed by atoms with Crippen LogP contribution in [-0.4, -0.2) is 33.1 Å². The van der Waals surface area contributed by atoms with E-state index in [0.717, 1.165) is 23.6 Å². The van der Waals surface area contributed by atoms with Crippen molar-refractivity contribution >= 4 is 17.3 Å². The summed E-state index contributed by atoms with van der Waals surface area (Å²) < 4.78 is 6.35. The summed E-state index contributed by atoms with van der Waals surface area (Å²) >= 11 is 0. The van der Waals surface area contributed by atoms with Crippen molar-refractivity contribution in [3.8, 4) is 0 Å². The Hall–Kier alpha value is -3.27. The second-order valence-electron chi connectivity index (χ2n) is 6.24. The maximum atomic E-state index is 12.6. The van der Waals surface area contributed by atoms with E-state index in [1.165, 1.54) is 12.1 Å². The van der Waals surface area contributed by atoms with Gasteiger partial charge in [0.2, 0.25) is 0 Å². The topological polar surface area (TPSA) is 136 Å². The van der Waals surface area contributed by atoms with Crippen LogP contribution in [0.5, 0.6) is 0 Å². The third-order valence-corrected chi connectivity index (χ3v) is 4.40. The molecule has 1 amide bonds. The summed E-state index contributed by atoms with van der Waals surface area (Å²) in [5, 5.41) is 13.6. The van der Waals surface area contributed by atoms with Gasteiger partial charge in [-0.2, -0.15) is 0 Å². The van der Waals surface area contributed by atoms with Crippen molar-refractivity contribution in [2.45, 2.75) is 32.4 Å². The van der Waals surface area contributed by atoms with Gasteiger partial charge in [-0.1, -0.05) is 12.1 Å². The zero-order chi connectivity index (χ0) is 19.6. The first-order chi connectivity index (χ1) is 12.9. The Morgan fingerprint density at radius 3 is 2.89 bits per heavy atom. The summed E-state index contributed by atoms with van der Waals surface area (Å²) in [6, 6.07) is 4.36. The maximum absolute atomic E-state index is 12.6. The lowest BCUT2D eigenvalue weighted by Gasteiger charge is -2.12. The molecule has 1 aromatic heterocycles. The number of nitrogens with one attached hydrogen (secondary N) is 2. The van der Waals surface area contributed by atoms with Gasteiger partial charge < -0.3 is 15.0 Å².